The SMILES string of the molecule is CSc1ccc2nc(NC(=O)NCc3cccc4ccccc34)sc2c1. The summed E-state index contributed by atoms with van der Waals surface area (Å²) >= 11 is 3.18. The molecule has 2 N–H and O–H groups in total. The van der Waals surface area contributed by atoms with Gasteiger partial charge in [0, 0.05) is 11.4 Å². The molecular weight excluding hydrogens is 362 g/mol. The number of amides is 2. The third-order valence-corrected chi connectivity index (χ3v) is 5.79. The molecule has 2 amide bonds. The van der Waals surface area contributed by atoms with E-state index in [0.29, 0.717) is 11.7 Å². The van der Waals surface area contributed by atoms with E-state index in [-0.39, 0.29) is 6.03 Å². The van der Waals surface area contributed by atoms with Crippen LogP contribution in [0.5, 0.6) is 0 Å². The summed E-state index contributed by atoms with van der Waals surface area (Å²) in [4.78, 5) is 17.9. The number of thiazole rings is 1. The van der Waals surface area contributed by atoms with Crippen molar-refractivity contribution in [3.63, 3.8) is 0 Å². The van der Waals surface area contributed by atoms with E-state index in [0.717, 1.165) is 21.2 Å². The Labute approximate surface area is 159 Å². The summed E-state index contributed by atoms with van der Waals surface area (Å²) in [5, 5.41) is 8.68. The smallest absolute Gasteiger partial charge is 0.321 e. The highest BCUT2D eigenvalue weighted by atomic mass is 32.2. The van der Waals surface area contributed by atoms with Crippen LogP contribution in [0.15, 0.2) is 65.6 Å². The maximum atomic E-state index is 12.3. The molecule has 0 aliphatic heterocycles. The Morgan fingerprint density at radius 2 is 1.96 bits per heavy atom. The lowest BCUT2D eigenvalue weighted by molar-refractivity contribution is 0.252. The molecule has 1 aromatic heterocycles. The average Bonchev–Trinajstić information content (AvgIpc) is 3.07. The Morgan fingerprint density at radius 3 is 2.85 bits per heavy atom. The zero-order valence-electron chi connectivity index (χ0n) is 14.2. The topological polar surface area (TPSA) is 54.0 Å². The molecule has 0 bridgehead atoms. The lowest BCUT2D eigenvalue weighted by atomic mass is 10.0. The summed E-state index contributed by atoms with van der Waals surface area (Å²) in [7, 11) is 0. The van der Waals surface area contributed by atoms with Crippen LogP contribution in [0.1, 0.15) is 5.56 Å². The van der Waals surface area contributed by atoms with Gasteiger partial charge >= 0.3 is 6.03 Å². The number of fused-ring (bicyclic) bond motifs is 2. The molecule has 0 aliphatic rings. The molecule has 0 fully saturated rings. The van der Waals surface area contributed by atoms with Gasteiger partial charge in [0.05, 0.1) is 10.2 Å². The summed E-state index contributed by atoms with van der Waals surface area (Å²) in [6.45, 7) is 0.467. The normalized spacial score (nSPS) is 11.0. The van der Waals surface area contributed by atoms with Crippen LogP contribution in [0.2, 0.25) is 0 Å². The van der Waals surface area contributed by atoms with Crippen LogP contribution in [-0.2, 0) is 6.54 Å². The highest BCUT2D eigenvalue weighted by Crippen LogP contribution is 2.29. The van der Waals surface area contributed by atoms with E-state index in [1.54, 1.807) is 11.8 Å². The van der Waals surface area contributed by atoms with Gasteiger partial charge in [0.2, 0.25) is 0 Å². The molecule has 0 saturated carbocycles. The van der Waals surface area contributed by atoms with Crippen molar-refractivity contribution in [2.24, 2.45) is 0 Å². The number of hydrogen-bond donors (Lipinski definition) is 2. The van der Waals surface area contributed by atoms with Crippen molar-refractivity contribution in [1.82, 2.24) is 10.3 Å². The van der Waals surface area contributed by atoms with Crippen LogP contribution in [-0.4, -0.2) is 17.3 Å². The van der Waals surface area contributed by atoms with Crippen molar-refractivity contribution >= 4 is 55.3 Å². The third-order valence-electron chi connectivity index (χ3n) is 4.14. The number of nitrogens with one attached hydrogen (secondary N) is 2. The van der Waals surface area contributed by atoms with Crippen LogP contribution >= 0.6 is 23.1 Å². The van der Waals surface area contributed by atoms with Crippen molar-refractivity contribution in [3.05, 3.63) is 66.2 Å². The number of anilines is 1. The first-order valence-electron chi connectivity index (χ1n) is 8.19. The molecule has 0 radical (unpaired) electrons. The molecule has 6 heteroatoms. The van der Waals surface area contributed by atoms with Crippen LogP contribution in [0.3, 0.4) is 0 Å². The van der Waals surface area contributed by atoms with Crippen LogP contribution < -0.4 is 10.6 Å². The number of hydrogen-bond acceptors (Lipinski definition) is 4. The quantitative estimate of drug-likeness (QED) is 0.461. The first-order chi connectivity index (χ1) is 12.7. The van der Waals surface area contributed by atoms with Crippen LogP contribution in [0.25, 0.3) is 21.0 Å². The van der Waals surface area contributed by atoms with Gasteiger partial charge in [-0.2, -0.15) is 0 Å². The second kappa shape index (κ2) is 7.35. The summed E-state index contributed by atoms with van der Waals surface area (Å²) in [5.74, 6) is 0. The molecule has 0 aliphatic carbocycles. The fourth-order valence-electron chi connectivity index (χ4n) is 2.85. The number of urea groups is 1. The highest BCUT2D eigenvalue weighted by molar-refractivity contribution is 7.98. The fourth-order valence-corrected chi connectivity index (χ4v) is 4.26. The minimum atomic E-state index is -0.248. The minimum Gasteiger partial charge on any atom is -0.334 e. The van der Waals surface area contributed by atoms with Crippen molar-refractivity contribution < 1.29 is 4.79 Å². The van der Waals surface area contributed by atoms with Gasteiger partial charge in [0.1, 0.15) is 0 Å². The molecule has 26 heavy (non-hydrogen) atoms. The van der Waals surface area contributed by atoms with Gasteiger partial charge in [-0.25, -0.2) is 9.78 Å². The monoisotopic (exact) mass is 379 g/mol. The molecule has 0 atom stereocenters. The minimum absolute atomic E-state index is 0.248. The Morgan fingerprint density at radius 1 is 1.12 bits per heavy atom. The largest absolute Gasteiger partial charge is 0.334 e. The molecule has 0 saturated heterocycles. The number of carbonyl (C=O) groups is 1. The van der Waals surface area contributed by atoms with Gasteiger partial charge in [-0.3, -0.25) is 5.32 Å². The Hall–Kier alpha value is -2.57. The van der Waals surface area contributed by atoms with Gasteiger partial charge < -0.3 is 5.32 Å². The molecule has 0 unspecified atom stereocenters. The first-order valence-corrected chi connectivity index (χ1v) is 10.2. The molecule has 4 rings (SSSR count). The zero-order valence-corrected chi connectivity index (χ0v) is 15.8. The maximum absolute atomic E-state index is 12.3. The molecule has 130 valence electrons. The van der Waals surface area contributed by atoms with E-state index < -0.39 is 0 Å². The molecule has 0 spiro atoms. The predicted molar refractivity (Wildman–Crippen MR) is 111 cm³/mol. The third kappa shape index (κ3) is 3.52. The molecule has 4 nitrogen and oxygen atoms in total. The number of carbonyl (C=O) groups excluding carboxylic acids is 1. The Balaban J connectivity index is 1.45. The summed E-state index contributed by atoms with van der Waals surface area (Å²) in [6.07, 6.45) is 2.04. The van der Waals surface area contributed by atoms with E-state index in [2.05, 4.69) is 39.9 Å². The number of nitrogens with zero attached hydrogens (tertiary/aromatic N) is 1. The second-order valence-electron chi connectivity index (χ2n) is 5.80. The average molecular weight is 380 g/mol. The first kappa shape index (κ1) is 16.9. The lowest BCUT2D eigenvalue weighted by Crippen LogP contribution is -2.28. The number of benzene rings is 3. The van der Waals surface area contributed by atoms with Gasteiger partial charge in [0.25, 0.3) is 0 Å². The predicted octanol–water partition coefficient (Wildman–Crippen LogP) is 5.49. The zero-order chi connectivity index (χ0) is 17.9. The van der Waals surface area contributed by atoms with Crippen LogP contribution in [0.4, 0.5) is 9.93 Å². The second-order valence-corrected chi connectivity index (χ2v) is 7.71. The van der Waals surface area contributed by atoms with Gasteiger partial charge in [-0.05, 0) is 40.8 Å². The lowest BCUT2D eigenvalue weighted by Gasteiger charge is -2.08. The highest BCUT2D eigenvalue weighted by Gasteiger charge is 2.09. The molecular formula is C20H17N3OS2. The Kier molecular flexibility index (Phi) is 4.77. The van der Waals surface area contributed by atoms with E-state index in [1.165, 1.54) is 21.6 Å². The Bertz CT molecular complexity index is 1090. The van der Waals surface area contributed by atoms with Crippen molar-refractivity contribution in [3.8, 4) is 0 Å². The van der Waals surface area contributed by atoms with E-state index >= 15 is 0 Å². The summed E-state index contributed by atoms with van der Waals surface area (Å²) < 4.78 is 1.07. The van der Waals surface area contributed by atoms with Crippen LogP contribution in [0, 0.1) is 0 Å². The van der Waals surface area contributed by atoms with E-state index in [9.17, 15) is 4.79 Å². The van der Waals surface area contributed by atoms with Crippen molar-refractivity contribution in [1.29, 1.82) is 0 Å². The molecule has 1 heterocycles. The summed E-state index contributed by atoms with van der Waals surface area (Å²) in [6, 6.07) is 20.1. The van der Waals surface area contributed by atoms with E-state index in [4.69, 9.17) is 0 Å². The van der Waals surface area contributed by atoms with Gasteiger partial charge in [0.15, 0.2) is 5.13 Å². The molecule has 4 aromatic rings. The van der Waals surface area contributed by atoms with Gasteiger partial charge in [-0.1, -0.05) is 53.8 Å². The number of thioether (sulfide) groups is 1. The van der Waals surface area contributed by atoms with E-state index in [1.807, 2.05) is 42.7 Å². The van der Waals surface area contributed by atoms with Gasteiger partial charge in [-0.15, -0.1) is 11.8 Å². The summed E-state index contributed by atoms with van der Waals surface area (Å²) in [5.41, 5.74) is 1.99. The fraction of sp³-hybridized carbons (Fsp3) is 0.100. The van der Waals surface area contributed by atoms with Crippen molar-refractivity contribution in [2.75, 3.05) is 11.6 Å². The number of rotatable bonds is 4. The van der Waals surface area contributed by atoms with Crippen molar-refractivity contribution in [2.45, 2.75) is 11.4 Å². The maximum Gasteiger partial charge on any atom is 0.321 e. The number of aromatic nitrogens is 1. The standard InChI is InChI=1S/C20H17N3OS2/c1-25-15-9-10-17-18(11-15)26-20(22-17)23-19(24)21-12-14-7-4-6-13-5-2-3-8-16(13)14/h2-11H,12H2,1H3,(H2,21,22,23,24). The molecule has 3 aromatic carbocycles.